The van der Waals surface area contributed by atoms with Crippen LogP contribution in [0.25, 0.3) is 0 Å². The van der Waals surface area contributed by atoms with E-state index in [2.05, 4.69) is 15.3 Å². The molecule has 0 aliphatic carbocycles. The molecular formula is C9H15N3O2S. The minimum Gasteiger partial charge on any atom is -0.347 e. The lowest BCUT2D eigenvalue weighted by atomic mass is 10.2. The molecule has 2 N–H and O–H groups in total. The van der Waals surface area contributed by atoms with Crippen LogP contribution < -0.4 is 5.32 Å². The molecule has 6 heteroatoms. The van der Waals surface area contributed by atoms with Crippen LogP contribution in [0.15, 0.2) is 12.5 Å². The summed E-state index contributed by atoms with van der Waals surface area (Å²) in [5.74, 6) is 0.608. The number of hydrogen-bond acceptors (Lipinski definition) is 4. The number of aromatic amines is 1. The Hall–Kier alpha value is -0.880. The van der Waals surface area contributed by atoms with E-state index in [4.69, 9.17) is 0 Å². The van der Waals surface area contributed by atoms with Gasteiger partial charge in [0.15, 0.2) is 9.84 Å². The SMILES string of the molecule is O=S1(=O)CCCC(NCc2cnc[nH]2)C1. The first-order valence-electron chi connectivity index (χ1n) is 5.07. The maximum Gasteiger partial charge on any atom is 0.151 e. The number of sulfone groups is 1. The first-order valence-corrected chi connectivity index (χ1v) is 6.89. The number of H-pyrrole nitrogens is 1. The van der Waals surface area contributed by atoms with Gasteiger partial charge in [-0.05, 0) is 12.8 Å². The Balaban J connectivity index is 1.85. The molecule has 0 amide bonds. The monoisotopic (exact) mass is 229 g/mol. The lowest BCUT2D eigenvalue weighted by molar-refractivity contribution is 0.478. The summed E-state index contributed by atoms with van der Waals surface area (Å²) in [4.78, 5) is 6.88. The smallest absolute Gasteiger partial charge is 0.151 e. The quantitative estimate of drug-likeness (QED) is 0.769. The van der Waals surface area contributed by atoms with E-state index in [0.29, 0.717) is 12.3 Å². The van der Waals surface area contributed by atoms with Crippen LogP contribution in [0.2, 0.25) is 0 Å². The van der Waals surface area contributed by atoms with E-state index in [-0.39, 0.29) is 11.8 Å². The van der Waals surface area contributed by atoms with Gasteiger partial charge in [0.2, 0.25) is 0 Å². The van der Waals surface area contributed by atoms with Crippen LogP contribution in [0, 0.1) is 0 Å². The largest absolute Gasteiger partial charge is 0.347 e. The van der Waals surface area contributed by atoms with Crippen LogP contribution in [0.1, 0.15) is 18.5 Å². The van der Waals surface area contributed by atoms with E-state index in [1.54, 1.807) is 12.5 Å². The van der Waals surface area contributed by atoms with Crippen molar-refractivity contribution in [2.45, 2.75) is 25.4 Å². The topological polar surface area (TPSA) is 74.8 Å². The van der Waals surface area contributed by atoms with Gasteiger partial charge in [-0.3, -0.25) is 0 Å². The normalized spacial score (nSPS) is 25.2. The molecule has 0 spiro atoms. The zero-order valence-corrected chi connectivity index (χ0v) is 9.26. The van der Waals surface area contributed by atoms with Gasteiger partial charge in [-0.2, -0.15) is 0 Å². The van der Waals surface area contributed by atoms with Crippen molar-refractivity contribution in [2.24, 2.45) is 0 Å². The van der Waals surface area contributed by atoms with Crippen LogP contribution in [-0.2, 0) is 16.4 Å². The second kappa shape index (κ2) is 4.32. The second-order valence-corrected chi connectivity index (χ2v) is 6.14. The van der Waals surface area contributed by atoms with E-state index >= 15 is 0 Å². The van der Waals surface area contributed by atoms with Crippen LogP contribution in [0.3, 0.4) is 0 Å². The van der Waals surface area contributed by atoms with Gasteiger partial charge in [0.25, 0.3) is 0 Å². The van der Waals surface area contributed by atoms with Gasteiger partial charge >= 0.3 is 0 Å². The van der Waals surface area contributed by atoms with Crippen molar-refractivity contribution >= 4 is 9.84 Å². The number of rotatable bonds is 3. The van der Waals surface area contributed by atoms with Crippen molar-refractivity contribution in [2.75, 3.05) is 11.5 Å². The second-order valence-electron chi connectivity index (χ2n) is 3.91. The summed E-state index contributed by atoms with van der Waals surface area (Å²) in [5, 5.41) is 3.23. The Morgan fingerprint density at radius 3 is 3.13 bits per heavy atom. The van der Waals surface area contributed by atoms with Crippen molar-refractivity contribution in [1.82, 2.24) is 15.3 Å². The molecule has 1 saturated heterocycles. The predicted molar refractivity (Wildman–Crippen MR) is 57.1 cm³/mol. The molecule has 5 nitrogen and oxygen atoms in total. The average Bonchev–Trinajstić information content (AvgIpc) is 2.65. The predicted octanol–water partition coefficient (Wildman–Crippen LogP) is 0.0765. The van der Waals surface area contributed by atoms with Gasteiger partial charge in [-0.15, -0.1) is 0 Å². The molecule has 2 heterocycles. The van der Waals surface area contributed by atoms with Gasteiger partial charge in [-0.25, -0.2) is 13.4 Å². The minimum atomic E-state index is -2.81. The fourth-order valence-corrected chi connectivity index (χ4v) is 3.49. The highest BCUT2D eigenvalue weighted by Crippen LogP contribution is 2.12. The van der Waals surface area contributed by atoms with Crippen LogP contribution in [0.4, 0.5) is 0 Å². The summed E-state index contributed by atoms with van der Waals surface area (Å²) in [5.41, 5.74) is 0.984. The highest BCUT2D eigenvalue weighted by Gasteiger charge is 2.24. The lowest BCUT2D eigenvalue weighted by Crippen LogP contribution is -2.39. The molecule has 0 aromatic carbocycles. The molecular weight excluding hydrogens is 214 g/mol. The molecule has 15 heavy (non-hydrogen) atoms. The third-order valence-corrected chi connectivity index (χ3v) is 4.42. The highest BCUT2D eigenvalue weighted by molar-refractivity contribution is 7.91. The number of hydrogen-bond donors (Lipinski definition) is 2. The molecule has 1 aromatic heterocycles. The molecule has 1 atom stereocenters. The molecule has 1 aliphatic rings. The van der Waals surface area contributed by atoms with Crippen molar-refractivity contribution in [3.63, 3.8) is 0 Å². The van der Waals surface area contributed by atoms with E-state index < -0.39 is 9.84 Å². The number of nitrogens with one attached hydrogen (secondary N) is 2. The molecule has 1 fully saturated rings. The molecule has 0 saturated carbocycles. The summed E-state index contributed by atoms with van der Waals surface area (Å²) in [7, 11) is -2.81. The van der Waals surface area contributed by atoms with Crippen LogP contribution in [0.5, 0.6) is 0 Å². The third-order valence-electron chi connectivity index (χ3n) is 2.60. The number of aromatic nitrogens is 2. The first kappa shape index (κ1) is 10.6. The molecule has 1 unspecified atom stereocenters. The Morgan fingerprint density at radius 1 is 1.60 bits per heavy atom. The summed E-state index contributed by atoms with van der Waals surface area (Å²) in [6, 6.07) is 0.0899. The molecule has 1 aliphatic heterocycles. The summed E-state index contributed by atoms with van der Waals surface area (Å²) in [6.07, 6.45) is 5.06. The third kappa shape index (κ3) is 3.04. The Kier molecular flexibility index (Phi) is 3.06. The van der Waals surface area contributed by atoms with Crippen molar-refractivity contribution in [3.05, 3.63) is 18.2 Å². The van der Waals surface area contributed by atoms with Crippen LogP contribution in [-0.4, -0.2) is 35.9 Å². The molecule has 1 aromatic rings. The maximum absolute atomic E-state index is 11.4. The van der Waals surface area contributed by atoms with E-state index in [1.165, 1.54) is 0 Å². The van der Waals surface area contributed by atoms with E-state index in [0.717, 1.165) is 18.5 Å². The molecule has 2 rings (SSSR count). The molecule has 0 bridgehead atoms. The van der Waals surface area contributed by atoms with Gasteiger partial charge in [0.05, 0.1) is 17.8 Å². The van der Waals surface area contributed by atoms with Crippen molar-refractivity contribution < 1.29 is 8.42 Å². The van der Waals surface area contributed by atoms with E-state index in [9.17, 15) is 8.42 Å². The fourth-order valence-electron chi connectivity index (χ4n) is 1.82. The first-order chi connectivity index (χ1) is 7.16. The highest BCUT2D eigenvalue weighted by atomic mass is 32.2. The summed E-state index contributed by atoms with van der Waals surface area (Å²) < 4.78 is 22.7. The van der Waals surface area contributed by atoms with Gasteiger partial charge in [0.1, 0.15) is 0 Å². The zero-order valence-electron chi connectivity index (χ0n) is 8.44. The standard InChI is InChI=1S/C9H15N3O2S/c13-15(14)3-1-2-8(6-15)11-5-9-4-10-7-12-9/h4,7-8,11H,1-3,5-6H2,(H,10,12). The van der Waals surface area contributed by atoms with E-state index in [1.807, 2.05) is 0 Å². The summed E-state index contributed by atoms with van der Waals surface area (Å²) in [6.45, 7) is 0.653. The van der Waals surface area contributed by atoms with Crippen molar-refractivity contribution in [3.8, 4) is 0 Å². The zero-order chi connectivity index (χ0) is 10.7. The minimum absolute atomic E-state index is 0.0899. The Morgan fingerprint density at radius 2 is 2.47 bits per heavy atom. The fraction of sp³-hybridized carbons (Fsp3) is 0.667. The molecule has 0 radical (unpaired) electrons. The van der Waals surface area contributed by atoms with Gasteiger partial charge in [-0.1, -0.05) is 0 Å². The van der Waals surface area contributed by atoms with Gasteiger partial charge < -0.3 is 10.3 Å². The van der Waals surface area contributed by atoms with Crippen molar-refractivity contribution in [1.29, 1.82) is 0 Å². The number of imidazole rings is 1. The van der Waals surface area contributed by atoms with Gasteiger partial charge in [0, 0.05) is 24.5 Å². The molecule has 84 valence electrons. The summed E-state index contributed by atoms with van der Waals surface area (Å²) >= 11 is 0. The Labute approximate surface area is 89.2 Å². The average molecular weight is 229 g/mol. The Bertz CT molecular complexity index is 399. The number of nitrogens with zero attached hydrogens (tertiary/aromatic N) is 1. The van der Waals surface area contributed by atoms with Crippen LogP contribution >= 0.6 is 0 Å². The maximum atomic E-state index is 11.4. The lowest BCUT2D eigenvalue weighted by Gasteiger charge is -2.22.